The molecule has 1 N–H and O–H groups in total. The predicted octanol–water partition coefficient (Wildman–Crippen LogP) is 2.43. The number of hydrogen-bond acceptors (Lipinski definition) is 3. The van der Waals surface area contributed by atoms with Gasteiger partial charge in [-0.2, -0.15) is 0 Å². The number of benzene rings is 1. The molecule has 0 bridgehead atoms. The summed E-state index contributed by atoms with van der Waals surface area (Å²) in [6.07, 6.45) is 1.73. The Morgan fingerprint density at radius 2 is 2.11 bits per heavy atom. The first-order chi connectivity index (χ1) is 9.10. The fourth-order valence-corrected chi connectivity index (χ4v) is 2.62. The molecule has 1 aliphatic rings. The lowest BCUT2D eigenvalue weighted by atomic mass is 9.92. The number of aliphatic hydroxyl groups is 1. The van der Waals surface area contributed by atoms with E-state index in [1.54, 1.807) is 12.1 Å². The molecule has 0 saturated carbocycles. The summed E-state index contributed by atoms with van der Waals surface area (Å²) in [6.45, 7) is 4.31. The highest BCUT2D eigenvalue weighted by Crippen LogP contribution is 2.23. The molecular formula is C15H22FNO2. The summed E-state index contributed by atoms with van der Waals surface area (Å²) in [7, 11) is 1.54. The predicted molar refractivity (Wildman–Crippen MR) is 72.6 cm³/mol. The maximum Gasteiger partial charge on any atom is 0.131 e. The molecule has 0 amide bonds. The number of rotatable bonds is 4. The van der Waals surface area contributed by atoms with Crippen molar-refractivity contribution in [3.05, 3.63) is 29.6 Å². The van der Waals surface area contributed by atoms with Gasteiger partial charge in [0.1, 0.15) is 11.6 Å². The Kier molecular flexibility index (Phi) is 4.77. The van der Waals surface area contributed by atoms with Crippen LogP contribution in [-0.4, -0.2) is 36.3 Å². The normalized spacial score (nSPS) is 19.4. The van der Waals surface area contributed by atoms with Crippen molar-refractivity contribution in [2.24, 2.45) is 5.92 Å². The molecule has 1 heterocycles. The summed E-state index contributed by atoms with van der Waals surface area (Å²) >= 11 is 0. The Balaban J connectivity index is 1.92. The van der Waals surface area contributed by atoms with Crippen LogP contribution in [0.4, 0.5) is 4.39 Å². The molecule has 0 radical (unpaired) electrons. The molecule has 1 fully saturated rings. The van der Waals surface area contributed by atoms with Crippen molar-refractivity contribution in [1.82, 2.24) is 4.90 Å². The SMILES string of the molecule is COc1ccc(CN2CCC(C(C)O)CC2)c(F)c1. The van der Waals surface area contributed by atoms with Gasteiger partial charge >= 0.3 is 0 Å². The summed E-state index contributed by atoms with van der Waals surface area (Å²) < 4.78 is 18.8. The summed E-state index contributed by atoms with van der Waals surface area (Å²) in [5.41, 5.74) is 0.705. The number of nitrogens with zero attached hydrogens (tertiary/aromatic N) is 1. The van der Waals surface area contributed by atoms with E-state index in [0.717, 1.165) is 25.9 Å². The van der Waals surface area contributed by atoms with Crippen LogP contribution < -0.4 is 4.74 Å². The first-order valence-electron chi connectivity index (χ1n) is 6.83. The quantitative estimate of drug-likeness (QED) is 0.909. The molecule has 4 heteroatoms. The van der Waals surface area contributed by atoms with Crippen LogP contribution in [0.25, 0.3) is 0 Å². The van der Waals surface area contributed by atoms with Crippen LogP contribution in [0, 0.1) is 11.7 Å². The third-order valence-corrected chi connectivity index (χ3v) is 3.97. The maximum atomic E-state index is 13.9. The van der Waals surface area contributed by atoms with Crippen molar-refractivity contribution in [2.75, 3.05) is 20.2 Å². The van der Waals surface area contributed by atoms with Gasteiger partial charge in [-0.15, -0.1) is 0 Å². The number of aliphatic hydroxyl groups excluding tert-OH is 1. The highest BCUT2D eigenvalue weighted by molar-refractivity contribution is 5.28. The number of halogens is 1. The molecule has 19 heavy (non-hydrogen) atoms. The molecule has 0 aliphatic carbocycles. The van der Waals surface area contributed by atoms with Crippen molar-refractivity contribution in [3.8, 4) is 5.75 Å². The Hall–Kier alpha value is -1.13. The van der Waals surface area contributed by atoms with Crippen LogP contribution in [0.2, 0.25) is 0 Å². The number of hydrogen-bond donors (Lipinski definition) is 1. The van der Waals surface area contributed by atoms with E-state index in [4.69, 9.17) is 4.74 Å². The van der Waals surface area contributed by atoms with E-state index in [9.17, 15) is 9.50 Å². The van der Waals surface area contributed by atoms with E-state index in [1.807, 2.05) is 6.92 Å². The van der Waals surface area contributed by atoms with Crippen molar-refractivity contribution in [3.63, 3.8) is 0 Å². The van der Waals surface area contributed by atoms with Crippen LogP contribution in [0.3, 0.4) is 0 Å². The fourth-order valence-electron chi connectivity index (χ4n) is 2.62. The zero-order chi connectivity index (χ0) is 13.8. The van der Waals surface area contributed by atoms with Gasteiger partial charge in [0.2, 0.25) is 0 Å². The topological polar surface area (TPSA) is 32.7 Å². The van der Waals surface area contributed by atoms with Gasteiger partial charge in [-0.25, -0.2) is 4.39 Å². The van der Waals surface area contributed by atoms with Gasteiger partial charge in [0.05, 0.1) is 13.2 Å². The number of likely N-dealkylation sites (tertiary alicyclic amines) is 1. The molecular weight excluding hydrogens is 245 g/mol. The van der Waals surface area contributed by atoms with Gasteiger partial charge in [0.25, 0.3) is 0 Å². The molecule has 1 aromatic carbocycles. The summed E-state index contributed by atoms with van der Waals surface area (Å²) in [6, 6.07) is 5.01. The largest absolute Gasteiger partial charge is 0.497 e. The monoisotopic (exact) mass is 267 g/mol. The van der Waals surface area contributed by atoms with E-state index in [-0.39, 0.29) is 11.9 Å². The Bertz CT molecular complexity index is 415. The summed E-state index contributed by atoms with van der Waals surface area (Å²) in [4.78, 5) is 2.24. The van der Waals surface area contributed by atoms with Gasteiger partial charge < -0.3 is 9.84 Å². The van der Waals surface area contributed by atoms with Crippen molar-refractivity contribution in [2.45, 2.75) is 32.4 Å². The first-order valence-corrected chi connectivity index (χ1v) is 6.83. The highest BCUT2D eigenvalue weighted by Gasteiger charge is 2.23. The highest BCUT2D eigenvalue weighted by atomic mass is 19.1. The lowest BCUT2D eigenvalue weighted by Crippen LogP contribution is -2.36. The van der Waals surface area contributed by atoms with Gasteiger partial charge in [0, 0.05) is 18.2 Å². The molecule has 106 valence electrons. The molecule has 3 nitrogen and oxygen atoms in total. The standard InChI is InChI=1S/C15H22FNO2/c1-11(18)12-5-7-17(8-6-12)10-13-3-4-14(19-2)9-15(13)16/h3-4,9,11-12,18H,5-8,10H2,1-2H3. The fraction of sp³-hybridized carbons (Fsp3) is 0.600. The lowest BCUT2D eigenvalue weighted by Gasteiger charge is -2.33. The lowest BCUT2D eigenvalue weighted by molar-refractivity contribution is 0.0692. The van der Waals surface area contributed by atoms with E-state index in [2.05, 4.69) is 4.90 Å². The molecule has 1 atom stereocenters. The first kappa shape index (κ1) is 14.3. The molecule has 0 spiro atoms. The van der Waals surface area contributed by atoms with Crippen LogP contribution in [0.15, 0.2) is 18.2 Å². The van der Waals surface area contributed by atoms with Gasteiger partial charge in [-0.05, 0) is 44.8 Å². The Morgan fingerprint density at radius 3 is 2.63 bits per heavy atom. The molecule has 1 aromatic rings. The van der Waals surface area contributed by atoms with E-state index >= 15 is 0 Å². The second kappa shape index (κ2) is 6.35. The smallest absolute Gasteiger partial charge is 0.131 e. The van der Waals surface area contributed by atoms with Crippen molar-refractivity contribution < 1.29 is 14.2 Å². The second-order valence-electron chi connectivity index (χ2n) is 5.31. The van der Waals surface area contributed by atoms with Crippen molar-refractivity contribution >= 4 is 0 Å². The zero-order valence-electron chi connectivity index (χ0n) is 11.6. The van der Waals surface area contributed by atoms with Crippen LogP contribution >= 0.6 is 0 Å². The Morgan fingerprint density at radius 1 is 1.42 bits per heavy atom. The van der Waals surface area contributed by atoms with Gasteiger partial charge in [-0.3, -0.25) is 4.90 Å². The minimum atomic E-state index is -0.236. The minimum absolute atomic E-state index is 0.211. The molecule has 2 rings (SSSR count). The summed E-state index contributed by atoms with van der Waals surface area (Å²) in [5.74, 6) is 0.725. The van der Waals surface area contributed by atoms with E-state index in [1.165, 1.54) is 13.2 Å². The Labute approximate surface area is 114 Å². The van der Waals surface area contributed by atoms with E-state index < -0.39 is 0 Å². The number of piperidine rings is 1. The second-order valence-corrected chi connectivity index (χ2v) is 5.31. The number of ether oxygens (including phenoxy) is 1. The van der Waals surface area contributed by atoms with Crippen LogP contribution in [0.5, 0.6) is 5.75 Å². The average Bonchev–Trinajstić information content (AvgIpc) is 2.41. The molecule has 1 aliphatic heterocycles. The third kappa shape index (κ3) is 3.67. The van der Waals surface area contributed by atoms with E-state index in [0.29, 0.717) is 23.8 Å². The third-order valence-electron chi connectivity index (χ3n) is 3.97. The number of methoxy groups -OCH3 is 1. The molecule has 0 aromatic heterocycles. The van der Waals surface area contributed by atoms with Crippen LogP contribution in [0.1, 0.15) is 25.3 Å². The molecule has 1 unspecified atom stereocenters. The van der Waals surface area contributed by atoms with Crippen LogP contribution in [-0.2, 0) is 6.54 Å². The van der Waals surface area contributed by atoms with Crippen molar-refractivity contribution in [1.29, 1.82) is 0 Å². The average molecular weight is 267 g/mol. The maximum absolute atomic E-state index is 13.9. The summed E-state index contributed by atoms with van der Waals surface area (Å²) in [5, 5.41) is 9.56. The van der Waals surface area contributed by atoms with Gasteiger partial charge in [-0.1, -0.05) is 6.07 Å². The van der Waals surface area contributed by atoms with Gasteiger partial charge in [0.15, 0.2) is 0 Å². The minimum Gasteiger partial charge on any atom is -0.497 e. The zero-order valence-corrected chi connectivity index (χ0v) is 11.6. The molecule has 1 saturated heterocycles.